The zero-order chi connectivity index (χ0) is 27.6. The standard InChI is InChI=1S/C28H26Cl3N5O2/c1-28(2,3)27(38)33-14-16-7-12-20(30)22(23(16)31)26(37)34-18-10-11-19-21(13-18)35-24(36-25(19)32-4)15-5-8-17(29)9-6-15/h5-13H,14H2,1-4H3,(H,33,38)(H,34,37)(H,32,35,36). The number of fused-ring (bicyclic) bond motifs is 1. The predicted octanol–water partition coefficient (Wildman–Crippen LogP) is 7.21. The Morgan fingerprint density at radius 2 is 1.63 bits per heavy atom. The maximum absolute atomic E-state index is 13.3. The smallest absolute Gasteiger partial charge is 0.258 e. The number of anilines is 2. The van der Waals surface area contributed by atoms with E-state index >= 15 is 0 Å². The van der Waals surface area contributed by atoms with Crippen LogP contribution in [-0.2, 0) is 11.3 Å². The van der Waals surface area contributed by atoms with Crippen LogP contribution in [0.15, 0.2) is 54.6 Å². The summed E-state index contributed by atoms with van der Waals surface area (Å²) in [4.78, 5) is 34.9. The van der Waals surface area contributed by atoms with Gasteiger partial charge in [-0.05, 0) is 54.1 Å². The molecular weight excluding hydrogens is 545 g/mol. The van der Waals surface area contributed by atoms with Crippen molar-refractivity contribution in [1.82, 2.24) is 15.3 Å². The summed E-state index contributed by atoms with van der Waals surface area (Å²) in [6.45, 7) is 5.62. The fourth-order valence-corrected chi connectivity index (χ4v) is 4.44. The van der Waals surface area contributed by atoms with Crippen LogP contribution in [-0.4, -0.2) is 28.8 Å². The van der Waals surface area contributed by atoms with Crippen LogP contribution in [0.1, 0.15) is 36.7 Å². The Kier molecular flexibility index (Phi) is 8.11. The summed E-state index contributed by atoms with van der Waals surface area (Å²) in [5, 5.41) is 10.6. The molecule has 0 bridgehead atoms. The number of rotatable bonds is 6. The lowest BCUT2D eigenvalue weighted by Crippen LogP contribution is -2.34. The van der Waals surface area contributed by atoms with Crippen LogP contribution in [0.2, 0.25) is 15.1 Å². The van der Waals surface area contributed by atoms with Gasteiger partial charge in [0, 0.05) is 40.7 Å². The van der Waals surface area contributed by atoms with Gasteiger partial charge in [0.05, 0.1) is 21.1 Å². The van der Waals surface area contributed by atoms with Crippen molar-refractivity contribution >= 4 is 69.0 Å². The van der Waals surface area contributed by atoms with Crippen molar-refractivity contribution in [2.45, 2.75) is 27.3 Å². The topological polar surface area (TPSA) is 96.0 Å². The number of amides is 2. The molecule has 10 heteroatoms. The average Bonchev–Trinajstić information content (AvgIpc) is 2.87. The van der Waals surface area contributed by atoms with Gasteiger partial charge in [-0.3, -0.25) is 9.59 Å². The first-order valence-electron chi connectivity index (χ1n) is 11.8. The van der Waals surface area contributed by atoms with Crippen LogP contribution in [0.4, 0.5) is 11.5 Å². The number of carbonyl (C=O) groups excluding carboxylic acids is 2. The highest BCUT2D eigenvalue weighted by Crippen LogP contribution is 2.31. The molecule has 0 aliphatic carbocycles. The van der Waals surface area contributed by atoms with Gasteiger partial charge >= 0.3 is 0 Å². The van der Waals surface area contributed by atoms with Gasteiger partial charge in [-0.1, -0.05) is 61.6 Å². The summed E-state index contributed by atoms with van der Waals surface area (Å²) in [6.07, 6.45) is 0. The maximum atomic E-state index is 13.3. The van der Waals surface area contributed by atoms with E-state index in [4.69, 9.17) is 39.8 Å². The SMILES string of the molecule is CNc1nc(-c2ccc(Cl)cc2)nc2cc(NC(=O)c3c(Cl)ccc(CNC(=O)C(C)(C)C)c3Cl)ccc12. The van der Waals surface area contributed by atoms with Crippen molar-refractivity contribution in [3.8, 4) is 11.4 Å². The molecule has 2 amide bonds. The molecule has 0 aliphatic heterocycles. The number of halogens is 3. The fraction of sp³-hybridized carbons (Fsp3) is 0.214. The van der Waals surface area contributed by atoms with Gasteiger partial charge in [0.1, 0.15) is 5.82 Å². The molecule has 3 N–H and O–H groups in total. The Morgan fingerprint density at radius 1 is 0.921 bits per heavy atom. The van der Waals surface area contributed by atoms with Crippen LogP contribution >= 0.6 is 34.8 Å². The van der Waals surface area contributed by atoms with E-state index in [0.29, 0.717) is 33.4 Å². The summed E-state index contributed by atoms with van der Waals surface area (Å²) in [5.41, 5.74) is 2.08. The van der Waals surface area contributed by atoms with Gasteiger partial charge < -0.3 is 16.0 Å². The highest BCUT2D eigenvalue weighted by Gasteiger charge is 2.23. The Bertz CT molecular complexity index is 1530. The van der Waals surface area contributed by atoms with Crippen LogP contribution in [0.25, 0.3) is 22.3 Å². The number of benzene rings is 3. The molecule has 0 fully saturated rings. The Hall–Kier alpha value is -3.39. The summed E-state index contributed by atoms with van der Waals surface area (Å²) >= 11 is 19.0. The molecule has 0 saturated carbocycles. The van der Waals surface area contributed by atoms with E-state index in [9.17, 15) is 9.59 Å². The van der Waals surface area contributed by atoms with E-state index in [1.165, 1.54) is 0 Å². The molecule has 1 aromatic heterocycles. The predicted molar refractivity (Wildman–Crippen MR) is 155 cm³/mol. The number of hydrogen-bond acceptors (Lipinski definition) is 5. The third kappa shape index (κ3) is 6.01. The molecule has 0 saturated heterocycles. The monoisotopic (exact) mass is 569 g/mol. The first-order valence-corrected chi connectivity index (χ1v) is 12.9. The van der Waals surface area contributed by atoms with E-state index in [1.807, 2.05) is 39.0 Å². The number of nitrogens with zero attached hydrogens (tertiary/aromatic N) is 2. The minimum atomic E-state index is -0.556. The Labute approximate surface area is 235 Å². The molecule has 0 aliphatic rings. The number of aromatic nitrogens is 2. The van der Waals surface area contributed by atoms with Crippen LogP contribution in [0, 0.1) is 5.41 Å². The summed E-state index contributed by atoms with van der Waals surface area (Å²) in [7, 11) is 1.78. The van der Waals surface area contributed by atoms with Crippen molar-refractivity contribution in [2.75, 3.05) is 17.7 Å². The molecule has 4 aromatic rings. The second-order valence-electron chi connectivity index (χ2n) is 9.67. The molecule has 38 heavy (non-hydrogen) atoms. The molecule has 0 radical (unpaired) electrons. The maximum Gasteiger partial charge on any atom is 0.258 e. The number of nitrogens with one attached hydrogen (secondary N) is 3. The highest BCUT2D eigenvalue weighted by molar-refractivity contribution is 6.41. The zero-order valence-electron chi connectivity index (χ0n) is 21.2. The zero-order valence-corrected chi connectivity index (χ0v) is 23.5. The van der Waals surface area contributed by atoms with Gasteiger partial charge in [0.25, 0.3) is 5.91 Å². The van der Waals surface area contributed by atoms with E-state index < -0.39 is 11.3 Å². The molecule has 4 rings (SSSR count). The highest BCUT2D eigenvalue weighted by atomic mass is 35.5. The van der Waals surface area contributed by atoms with E-state index in [-0.39, 0.29) is 28.1 Å². The molecule has 0 spiro atoms. The molecule has 0 atom stereocenters. The number of hydrogen-bond donors (Lipinski definition) is 3. The molecule has 196 valence electrons. The van der Waals surface area contributed by atoms with Gasteiger partial charge in [-0.2, -0.15) is 0 Å². The summed E-state index contributed by atoms with van der Waals surface area (Å²) in [6, 6.07) is 15.8. The van der Waals surface area contributed by atoms with Gasteiger partial charge in [0.2, 0.25) is 5.91 Å². The van der Waals surface area contributed by atoms with Crippen molar-refractivity contribution in [3.63, 3.8) is 0 Å². The molecular formula is C28H26Cl3N5O2. The summed E-state index contributed by atoms with van der Waals surface area (Å²) < 4.78 is 0. The van der Waals surface area contributed by atoms with E-state index in [0.717, 1.165) is 10.9 Å². The largest absolute Gasteiger partial charge is 0.373 e. The minimum Gasteiger partial charge on any atom is -0.373 e. The van der Waals surface area contributed by atoms with Crippen molar-refractivity contribution < 1.29 is 9.59 Å². The molecule has 7 nitrogen and oxygen atoms in total. The molecule has 1 heterocycles. The van der Waals surface area contributed by atoms with Crippen LogP contribution in [0.5, 0.6) is 0 Å². The van der Waals surface area contributed by atoms with Crippen molar-refractivity contribution in [2.24, 2.45) is 5.41 Å². The van der Waals surface area contributed by atoms with Crippen molar-refractivity contribution in [1.29, 1.82) is 0 Å². The minimum absolute atomic E-state index is 0.122. The van der Waals surface area contributed by atoms with E-state index in [1.54, 1.807) is 43.4 Å². The van der Waals surface area contributed by atoms with Crippen LogP contribution in [0.3, 0.4) is 0 Å². The van der Waals surface area contributed by atoms with E-state index in [2.05, 4.69) is 20.9 Å². The lowest BCUT2D eigenvalue weighted by Gasteiger charge is -2.18. The third-order valence-electron chi connectivity index (χ3n) is 5.81. The second kappa shape index (κ2) is 11.2. The quantitative estimate of drug-likeness (QED) is 0.228. The second-order valence-corrected chi connectivity index (χ2v) is 10.9. The average molecular weight is 571 g/mol. The van der Waals surface area contributed by atoms with Gasteiger partial charge in [-0.15, -0.1) is 0 Å². The normalized spacial score (nSPS) is 11.3. The van der Waals surface area contributed by atoms with Gasteiger partial charge in [-0.25, -0.2) is 9.97 Å². The fourth-order valence-electron chi connectivity index (χ4n) is 3.70. The third-order valence-corrected chi connectivity index (χ3v) is 6.81. The Morgan fingerprint density at radius 3 is 2.29 bits per heavy atom. The van der Waals surface area contributed by atoms with Crippen molar-refractivity contribution in [3.05, 3.63) is 80.8 Å². The lowest BCUT2D eigenvalue weighted by atomic mass is 9.95. The number of carbonyl (C=O) groups is 2. The van der Waals surface area contributed by atoms with Crippen LogP contribution < -0.4 is 16.0 Å². The Balaban J connectivity index is 1.63. The molecule has 3 aromatic carbocycles. The molecule has 0 unspecified atom stereocenters. The van der Waals surface area contributed by atoms with Gasteiger partial charge in [0.15, 0.2) is 5.82 Å². The first kappa shape index (κ1) is 27.6. The summed E-state index contributed by atoms with van der Waals surface area (Å²) in [5.74, 6) is 0.544. The first-order chi connectivity index (χ1) is 18.0. The lowest BCUT2D eigenvalue weighted by molar-refractivity contribution is -0.128.